The fourth-order valence-corrected chi connectivity index (χ4v) is 2.41. The average molecular weight is 236 g/mol. The number of carbonyl (C=O) groups excluding carboxylic acids is 1. The first kappa shape index (κ1) is 11.1. The van der Waals surface area contributed by atoms with Gasteiger partial charge in [-0.2, -0.15) is 0 Å². The van der Waals surface area contributed by atoms with Crippen LogP contribution in [0.15, 0.2) is 21.7 Å². The van der Waals surface area contributed by atoms with Gasteiger partial charge in [-0.15, -0.1) is 11.3 Å². The van der Waals surface area contributed by atoms with Gasteiger partial charge in [-0.25, -0.2) is 8.42 Å². The summed E-state index contributed by atoms with van der Waals surface area (Å²) in [6, 6.07) is 3.01. The summed E-state index contributed by atoms with van der Waals surface area (Å²) in [5, 5.41) is 1.61. The van der Waals surface area contributed by atoms with E-state index in [0.717, 1.165) is 11.3 Å². The van der Waals surface area contributed by atoms with Crippen molar-refractivity contribution in [2.45, 2.75) is 4.21 Å². The second-order valence-electron chi connectivity index (χ2n) is 2.27. The number of thiophene rings is 1. The lowest BCUT2D eigenvalue weighted by Crippen LogP contribution is -2.29. The van der Waals surface area contributed by atoms with E-state index in [1.54, 1.807) is 16.3 Å². The van der Waals surface area contributed by atoms with Crippen molar-refractivity contribution < 1.29 is 18.0 Å². The predicted molar refractivity (Wildman–Crippen MR) is 49.8 cm³/mol. The van der Waals surface area contributed by atoms with Crippen LogP contribution in [-0.4, -0.2) is 20.9 Å². The highest BCUT2D eigenvalue weighted by molar-refractivity contribution is 7.91. The molecule has 0 unspecified atom stereocenters. The van der Waals surface area contributed by atoms with Crippen molar-refractivity contribution in [3.05, 3.63) is 17.5 Å². The third-order valence-electron chi connectivity index (χ3n) is 1.14. The number of amides is 1. The first-order valence-corrected chi connectivity index (χ1v) is 5.84. The molecule has 1 aromatic rings. The molecule has 0 saturated carbocycles. The number of nitrogens with two attached hydrogens (primary N) is 1. The van der Waals surface area contributed by atoms with Crippen molar-refractivity contribution in [3.8, 4) is 0 Å². The maximum Gasteiger partial charge on any atom is 0.271 e. The van der Waals surface area contributed by atoms with Crippen molar-refractivity contribution in [1.82, 2.24) is 4.89 Å². The third kappa shape index (κ3) is 3.07. The lowest BCUT2D eigenvalue weighted by Gasteiger charge is -2.02. The van der Waals surface area contributed by atoms with Gasteiger partial charge in [0, 0.05) is 0 Å². The molecule has 0 spiro atoms. The molecule has 14 heavy (non-hydrogen) atoms. The lowest BCUT2D eigenvalue weighted by molar-refractivity contribution is -0.123. The minimum absolute atomic E-state index is 0.113. The summed E-state index contributed by atoms with van der Waals surface area (Å²) in [5.74, 6) is -0.751. The monoisotopic (exact) mass is 236 g/mol. The van der Waals surface area contributed by atoms with Crippen LogP contribution in [0, 0.1) is 0 Å². The minimum Gasteiger partial charge on any atom is -0.368 e. The zero-order chi connectivity index (χ0) is 10.6. The zero-order valence-corrected chi connectivity index (χ0v) is 8.60. The van der Waals surface area contributed by atoms with Crippen LogP contribution >= 0.6 is 11.3 Å². The molecule has 3 N–H and O–H groups in total. The Kier molecular flexibility index (Phi) is 3.58. The van der Waals surface area contributed by atoms with Crippen molar-refractivity contribution in [3.63, 3.8) is 0 Å². The first-order valence-electron chi connectivity index (χ1n) is 3.48. The number of carbonyl (C=O) groups is 1. The van der Waals surface area contributed by atoms with E-state index in [2.05, 4.69) is 4.84 Å². The smallest absolute Gasteiger partial charge is 0.271 e. The Morgan fingerprint density at radius 1 is 1.64 bits per heavy atom. The van der Waals surface area contributed by atoms with Crippen LogP contribution in [0.5, 0.6) is 0 Å². The van der Waals surface area contributed by atoms with E-state index < -0.39 is 22.5 Å². The zero-order valence-electron chi connectivity index (χ0n) is 6.97. The average Bonchev–Trinajstić information content (AvgIpc) is 2.54. The highest BCUT2D eigenvalue weighted by Gasteiger charge is 2.14. The molecule has 0 radical (unpaired) electrons. The molecular formula is C6H8N2O4S2. The maximum atomic E-state index is 11.3. The summed E-state index contributed by atoms with van der Waals surface area (Å²) < 4.78 is 22.7. The topological polar surface area (TPSA) is 98.5 Å². The van der Waals surface area contributed by atoms with Gasteiger partial charge in [0.1, 0.15) is 10.8 Å². The van der Waals surface area contributed by atoms with Crippen molar-refractivity contribution >= 4 is 27.3 Å². The Labute approximate surface area is 84.7 Å². The van der Waals surface area contributed by atoms with E-state index in [1.807, 2.05) is 0 Å². The van der Waals surface area contributed by atoms with Crippen molar-refractivity contribution in [1.29, 1.82) is 0 Å². The van der Waals surface area contributed by atoms with E-state index in [1.165, 1.54) is 6.07 Å². The predicted octanol–water partition coefficient (Wildman–Crippen LogP) is -0.557. The van der Waals surface area contributed by atoms with Crippen LogP contribution in [0.2, 0.25) is 0 Å². The lowest BCUT2D eigenvalue weighted by atomic mass is 10.7. The summed E-state index contributed by atoms with van der Waals surface area (Å²) in [6.07, 6.45) is 0. The van der Waals surface area contributed by atoms with Crippen LogP contribution in [0.1, 0.15) is 0 Å². The molecule has 0 aromatic carbocycles. The summed E-state index contributed by atoms with van der Waals surface area (Å²) in [6.45, 7) is -0.495. The van der Waals surface area contributed by atoms with Gasteiger partial charge in [-0.1, -0.05) is 11.0 Å². The molecule has 0 fully saturated rings. The van der Waals surface area contributed by atoms with Gasteiger partial charge in [-0.05, 0) is 11.4 Å². The van der Waals surface area contributed by atoms with E-state index in [-0.39, 0.29) is 4.21 Å². The standard InChI is InChI=1S/C6H8N2O4S2/c7-5(9)4-12-8-14(10,11)6-2-1-3-13-6/h1-3,8H,4H2,(H2,7,9). The third-order valence-corrected chi connectivity index (χ3v) is 3.75. The molecule has 1 aromatic heterocycles. The van der Waals surface area contributed by atoms with E-state index >= 15 is 0 Å². The summed E-state index contributed by atoms with van der Waals surface area (Å²) >= 11 is 1.04. The molecule has 8 heteroatoms. The van der Waals surface area contributed by atoms with Crippen LogP contribution in [0.4, 0.5) is 0 Å². The van der Waals surface area contributed by atoms with Crippen molar-refractivity contribution in [2.24, 2.45) is 5.73 Å². The first-order chi connectivity index (χ1) is 6.52. The van der Waals surface area contributed by atoms with E-state index in [0.29, 0.717) is 0 Å². The number of nitrogens with one attached hydrogen (secondary N) is 1. The Balaban J connectivity index is 2.56. The minimum atomic E-state index is -3.67. The molecule has 0 saturated heterocycles. The van der Waals surface area contributed by atoms with Gasteiger partial charge in [0.2, 0.25) is 5.91 Å². The van der Waals surface area contributed by atoms with E-state index in [4.69, 9.17) is 5.73 Å². The number of hydrogen-bond acceptors (Lipinski definition) is 5. The molecule has 1 rings (SSSR count). The van der Waals surface area contributed by atoms with Gasteiger partial charge < -0.3 is 5.73 Å². The fourth-order valence-electron chi connectivity index (χ4n) is 0.636. The highest BCUT2D eigenvalue weighted by atomic mass is 32.2. The van der Waals surface area contributed by atoms with Gasteiger partial charge in [0.05, 0.1) is 0 Å². The summed E-state index contributed by atoms with van der Waals surface area (Å²) in [4.78, 5) is 16.4. The van der Waals surface area contributed by atoms with Crippen LogP contribution in [0.3, 0.4) is 0 Å². The number of sulfonamides is 1. The summed E-state index contributed by atoms with van der Waals surface area (Å²) in [5.41, 5.74) is 4.74. The number of hydrogen-bond donors (Lipinski definition) is 2. The van der Waals surface area contributed by atoms with Crippen LogP contribution in [0.25, 0.3) is 0 Å². The second-order valence-corrected chi connectivity index (χ2v) is 5.09. The van der Waals surface area contributed by atoms with Gasteiger partial charge in [0.15, 0.2) is 0 Å². The van der Waals surface area contributed by atoms with Gasteiger partial charge in [-0.3, -0.25) is 9.63 Å². The van der Waals surface area contributed by atoms with Gasteiger partial charge >= 0.3 is 0 Å². The fraction of sp³-hybridized carbons (Fsp3) is 0.167. The highest BCUT2D eigenvalue weighted by Crippen LogP contribution is 2.14. The SMILES string of the molecule is NC(=O)CONS(=O)(=O)c1cccs1. The van der Waals surface area contributed by atoms with E-state index in [9.17, 15) is 13.2 Å². The Hall–Kier alpha value is -0.960. The Morgan fingerprint density at radius 3 is 2.86 bits per heavy atom. The molecular weight excluding hydrogens is 228 g/mol. The van der Waals surface area contributed by atoms with Crippen LogP contribution < -0.4 is 10.6 Å². The molecule has 0 bridgehead atoms. The molecule has 0 aliphatic rings. The molecule has 1 heterocycles. The second kappa shape index (κ2) is 4.51. The molecule has 78 valence electrons. The molecule has 0 atom stereocenters. The maximum absolute atomic E-state index is 11.3. The van der Waals surface area contributed by atoms with Gasteiger partial charge in [0.25, 0.3) is 10.0 Å². The molecule has 1 amide bonds. The Morgan fingerprint density at radius 2 is 2.36 bits per heavy atom. The number of primary amides is 1. The van der Waals surface area contributed by atoms with Crippen LogP contribution in [-0.2, 0) is 19.7 Å². The quantitative estimate of drug-likeness (QED) is 0.670. The molecule has 0 aliphatic heterocycles. The summed E-state index contributed by atoms with van der Waals surface area (Å²) in [7, 11) is -3.67. The largest absolute Gasteiger partial charge is 0.368 e. The Bertz CT molecular complexity index is 397. The molecule has 6 nitrogen and oxygen atoms in total. The molecule has 0 aliphatic carbocycles. The van der Waals surface area contributed by atoms with Crippen molar-refractivity contribution in [2.75, 3.05) is 6.61 Å². The normalized spacial score (nSPS) is 11.4. The number of rotatable bonds is 5.